The molecule has 9 heteroatoms. The van der Waals surface area contributed by atoms with Gasteiger partial charge in [0, 0.05) is 18.2 Å². The minimum Gasteiger partial charge on any atom is -0.497 e. The number of benzene rings is 1. The van der Waals surface area contributed by atoms with Crippen LogP contribution >= 0.6 is 11.8 Å². The summed E-state index contributed by atoms with van der Waals surface area (Å²) < 4.78 is 34.7. The summed E-state index contributed by atoms with van der Waals surface area (Å²) in [7, 11) is -0.0139. The number of rotatable bonds is 3. The van der Waals surface area contributed by atoms with Gasteiger partial charge in [-0.15, -0.1) is 0 Å². The zero-order valence-electron chi connectivity index (χ0n) is 13.6. The van der Waals surface area contributed by atoms with Crippen molar-refractivity contribution in [1.29, 1.82) is 0 Å². The number of hydrogen-bond acceptors (Lipinski definition) is 6. The molecule has 2 aliphatic heterocycles. The van der Waals surface area contributed by atoms with Gasteiger partial charge in [-0.05, 0) is 12.1 Å². The Morgan fingerprint density at radius 3 is 2.67 bits per heavy atom. The first-order valence-corrected chi connectivity index (χ1v) is 10.0. The minimum atomic E-state index is -3.11. The number of nitrogens with zero attached hydrogens (tertiary/aromatic N) is 2. The van der Waals surface area contributed by atoms with Crippen LogP contribution < -0.4 is 14.4 Å². The molecule has 7 nitrogen and oxygen atoms in total. The van der Waals surface area contributed by atoms with E-state index in [2.05, 4.69) is 4.99 Å². The molecule has 24 heavy (non-hydrogen) atoms. The van der Waals surface area contributed by atoms with Gasteiger partial charge in [0.15, 0.2) is 15.0 Å². The van der Waals surface area contributed by atoms with Crippen LogP contribution in [0.15, 0.2) is 23.2 Å². The average Bonchev–Trinajstić information content (AvgIpc) is 2.96. The molecule has 3 rings (SSSR count). The van der Waals surface area contributed by atoms with Crippen LogP contribution in [0.2, 0.25) is 0 Å². The number of thioether (sulfide) groups is 1. The van der Waals surface area contributed by atoms with Crippen molar-refractivity contribution in [3.05, 3.63) is 18.2 Å². The number of amidine groups is 1. The molecule has 0 N–H and O–H groups in total. The van der Waals surface area contributed by atoms with E-state index < -0.39 is 9.84 Å². The third-order valence-corrected chi connectivity index (χ3v) is 7.17. The molecule has 2 fully saturated rings. The summed E-state index contributed by atoms with van der Waals surface area (Å²) in [4.78, 5) is 17.4. The van der Waals surface area contributed by atoms with Gasteiger partial charge in [-0.3, -0.25) is 4.79 Å². The van der Waals surface area contributed by atoms with Gasteiger partial charge in [0.25, 0.3) is 0 Å². The number of anilines is 1. The first kappa shape index (κ1) is 17.1. The van der Waals surface area contributed by atoms with Crippen LogP contribution in [0.25, 0.3) is 0 Å². The Morgan fingerprint density at radius 1 is 1.29 bits per heavy atom. The van der Waals surface area contributed by atoms with E-state index in [0.717, 1.165) is 0 Å². The van der Waals surface area contributed by atoms with Crippen molar-refractivity contribution in [2.45, 2.75) is 18.2 Å². The van der Waals surface area contributed by atoms with E-state index in [9.17, 15) is 13.2 Å². The minimum absolute atomic E-state index is 0.0297. The van der Waals surface area contributed by atoms with E-state index in [1.165, 1.54) is 18.7 Å². The number of sulfone groups is 1. The normalized spacial score (nSPS) is 26.5. The van der Waals surface area contributed by atoms with Gasteiger partial charge in [0.1, 0.15) is 11.5 Å². The lowest BCUT2D eigenvalue weighted by Crippen LogP contribution is -2.37. The first-order valence-electron chi connectivity index (χ1n) is 7.32. The summed E-state index contributed by atoms with van der Waals surface area (Å²) in [6.45, 7) is 1.37. The Hall–Kier alpha value is -1.74. The maximum atomic E-state index is 12.0. The molecule has 0 saturated carbocycles. The molecule has 0 unspecified atom stereocenters. The molecular weight excluding hydrogens is 352 g/mol. The fourth-order valence-electron chi connectivity index (χ4n) is 2.97. The van der Waals surface area contributed by atoms with Crippen LogP contribution in [0.3, 0.4) is 0 Å². The average molecular weight is 370 g/mol. The molecule has 130 valence electrons. The van der Waals surface area contributed by atoms with Crippen molar-refractivity contribution in [3.8, 4) is 11.5 Å². The molecule has 0 aliphatic carbocycles. The van der Waals surface area contributed by atoms with Crippen LogP contribution in [0.4, 0.5) is 5.69 Å². The molecule has 0 bridgehead atoms. The number of fused-ring (bicyclic) bond motifs is 1. The molecule has 1 amide bonds. The Bertz CT molecular complexity index is 806. The quantitative estimate of drug-likeness (QED) is 0.793. The van der Waals surface area contributed by atoms with Crippen molar-refractivity contribution < 1.29 is 22.7 Å². The molecule has 2 aliphatic rings. The molecular formula is C15H18N2O5S2. The van der Waals surface area contributed by atoms with E-state index in [0.29, 0.717) is 22.4 Å². The van der Waals surface area contributed by atoms with Crippen LogP contribution in [0, 0.1) is 0 Å². The SMILES string of the molecule is COc1ccc(OC)c(N2C(=NC(C)=O)S[C@H]3CS(=O)(=O)C[C@@H]32)c1. The lowest BCUT2D eigenvalue weighted by molar-refractivity contribution is -0.115. The smallest absolute Gasteiger partial charge is 0.244 e. The number of carbonyl (C=O) groups excluding carboxylic acids is 1. The summed E-state index contributed by atoms with van der Waals surface area (Å²) in [5.41, 5.74) is 0.647. The topological polar surface area (TPSA) is 85.3 Å². The predicted molar refractivity (Wildman–Crippen MR) is 94.0 cm³/mol. The van der Waals surface area contributed by atoms with Gasteiger partial charge in [-0.1, -0.05) is 11.8 Å². The summed E-state index contributed by atoms with van der Waals surface area (Å²) in [6.07, 6.45) is 0. The monoisotopic (exact) mass is 370 g/mol. The molecule has 0 spiro atoms. The number of aliphatic imine (C=N–C) groups is 1. The summed E-state index contributed by atoms with van der Waals surface area (Å²) >= 11 is 1.33. The maximum Gasteiger partial charge on any atom is 0.244 e. The number of hydrogen-bond donors (Lipinski definition) is 0. The first-order chi connectivity index (χ1) is 11.3. The number of ether oxygens (including phenoxy) is 2. The van der Waals surface area contributed by atoms with Gasteiger partial charge < -0.3 is 14.4 Å². The highest BCUT2D eigenvalue weighted by Gasteiger charge is 2.50. The summed E-state index contributed by atoms with van der Waals surface area (Å²) in [5.74, 6) is 0.969. The Kier molecular flexibility index (Phi) is 4.48. The van der Waals surface area contributed by atoms with E-state index >= 15 is 0 Å². The van der Waals surface area contributed by atoms with Crippen LogP contribution in [0.1, 0.15) is 6.92 Å². The van der Waals surface area contributed by atoms with Crippen LogP contribution in [-0.2, 0) is 14.6 Å². The third kappa shape index (κ3) is 3.10. The molecule has 0 aromatic heterocycles. The van der Waals surface area contributed by atoms with Crippen molar-refractivity contribution in [1.82, 2.24) is 0 Å². The second kappa shape index (κ2) is 6.29. The van der Waals surface area contributed by atoms with E-state index in [1.54, 1.807) is 37.3 Å². The largest absolute Gasteiger partial charge is 0.497 e. The molecule has 2 saturated heterocycles. The number of carbonyl (C=O) groups is 1. The fraction of sp³-hybridized carbons (Fsp3) is 0.467. The number of amides is 1. The van der Waals surface area contributed by atoms with E-state index in [-0.39, 0.29) is 28.7 Å². The van der Waals surface area contributed by atoms with Gasteiger partial charge in [0.2, 0.25) is 5.91 Å². The van der Waals surface area contributed by atoms with Crippen molar-refractivity contribution in [2.24, 2.45) is 4.99 Å². The number of methoxy groups -OCH3 is 2. The molecule has 1 aromatic rings. The Morgan fingerprint density at radius 2 is 2.04 bits per heavy atom. The van der Waals surface area contributed by atoms with Crippen molar-refractivity contribution in [3.63, 3.8) is 0 Å². The maximum absolute atomic E-state index is 12.0. The van der Waals surface area contributed by atoms with Crippen molar-refractivity contribution >= 4 is 38.4 Å². The molecule has 0 radical (unpaired) electrons. The van der Waals surface area contributed by atoms with E-state index in [4.69, 9.17) is 9.47 Å². The van der Waals surface area contributed by atoms with Gasteiger partial charge in [-0.2, -0.15) is 4.99 Å². The zero-order valence-corrected chi connectivity index (χ0v) is 15.2. The standard InChI is InChI=1S/C15H18N2O5S2/c1-9(18)16-15-17(12-7-24(19,20)8-14(12)23-15)11-6-10(21-2)4-5-13(11)22-3/h4-6,12,14H,7-8H2,1-3H3/t12-,14-/m0/s1. The highest BCUT2D eigenvalue weighted by atomic mass is 32.2. The second-order valence-corrected chi connectivity index (χ2v) is 8.98. The third-order valence-electron chi connectivity index (χ3n) is 3.97. The zero-order chi connectivity index (χ0) is 17.5. The lowest BCUT2D eigenvalue weighted by Gasteiger charge is -2.26. The highest BCUT2D eigenvalue weighted by molar-refractivity contribution is 8.16. The van der Waals surface area contributed by atoms with Crippen LogP contribution in [-0.4, -0.2) is 56.5 Å². The van der Waals surface area contributed by atoms with Gasteiger partial charge in [0.05, 0.1) is 37.5 Å². The molecule has 1 aromatic carbocycles. The fourth-order valence-corrected chi connectivity index (χ4v) is 6.92. The Balaban J connectivity index is 2.12. The van der Waals surface area contributed by atoms with Crippen LogP contribution in [0.5, 0.6) is 11.5 Å². The van der Waals surface area contributed by atoms with Crippen molar-refractivity contribution in [2.75, 3.05) is 30.6 Å². The van der Waals surface area contributed by atoms with Gasteiger partial charge >= 0.3 is 0 Å². The highest BCUT2D eigenvalue weighted by Crippen LogP contribution is 2.44. The summed E-state index contributed by atoms with van der Waals surface area (Å²) in [6, 6.07) is 5.00. The second-order valence-electron chi connectivity index (χ2n) is 5.62. The molecule has 2 heterocycles. The summed E-state index contributed by atoms with van der Waals surface area (Å²) in [5, 5.41) is 0.350. The predicted octanol–water partition coefficient (Wildman–Crippen LogP) is 1.33. The van der Waals surface area contributed by atoms with E-state index in [1.807, 2.05) is 0 Å². The Labute approximate surface area is 144 Å². The lowest BCUT2D eigenvalue weighted by atomic mass is 10.2. The van der Waals surface area contributed by atoms with Gasteiger partial charge in [-0.25, -0.2) is 8.42 Å². The molecule has 2 atom stereocenters.